The van der Waals surface area contributed by atoms with Gasteiger partial charge in [-0.15, -0.1) is 0 Å². The molecular weight excluding hydrogens is 272 g/mol. The maximum absolute atomic E-state index is 11.2. The average Bonchev–Trinajstić information content (AvgIpc) is 2.43. The molecule has 7 heteroatoms. The summed E-state index contributed by atoms with van der Waals surface area (Å²) in [5.41, 5.74) is 6.22. The Bertz CT molecular complexity index is 415. The van der Waals surface area contributed by atoms with Crippen LogP contribution in [-0.4, -0.2) is 43.1 Å². The summed E-state index contributed by atoms with van der Waals surface area (Å²) >= 11 is 5.76. The first-order valence-corrected chi connectivity index (χ1v) is 5.83. The van der Waals surface area contributed by atoms with Gasteiger partial charge in [-0.3, -0.25) is 9.21 Å². The Hall–Kier alpha value is -1.50. The van der Waals surface area contributed by atoms with Gasteiger partial charge in [0.15, 0.2) is 11.5 Å². The van der Waals surface area contributed by atoms with E-state index in [4.69, 9.17) is 27.0 Å². The van der Waals surface area contributed by atoms with Crippen LogP contribution in [0.15, 0.2) is 18.2 Å². The summed E-state index contributed by atoms with van der Waals surface area (Å²) in [6.45, 7) is 0.308. The number of benzene rings is 1. The van der Waals surface area contributed by atoms with Crippen molar-refractivity contribution in [2.45, 2.75) is 6.42 Å². The van der Waals surface area contributed by atoms with Gasteiger partial charge in [0.05, 0.1) is 20.8 Å². The lowest BCUT2D eigenvalue weighted by Crippen LogP contribution is -2.30. The van der Waals surface area contributed by atoms with Crippen molar-refractivity contribution in [3.8, 4) is 11.5 Å². The molecule has 4 N–H and O–H groups in total. The Morgan fingerprint density at radius 3 is 2.47 bits per heavy atom. The van der Waals surface area contributed by atoms with Gasteiger partial charge < -0.3 is 20.7 Å². The van der Waals surface area contributed by atoms with Crippen molar-refractivity contribution >= 4 is 17.7 Å². The third-order valence-electron chi connectivity index (χ3n) is 2.49. The van der Waals surface area contributed by atoms with Crippen molar-refractivity contribution in [3.05, 3.63) is 23.8 Å². The molecule has 0 fully saturated rings. The number of nitrogens with zero attached hydrogens (tertiary/aromatic N) is 1. The van der Waals surface area contributed by atoms with Gasteiger partial charge in [0.25, 0.3) is 5.91 Å². The molecule has 0 aliphatic heterocycles. The minimum Gasteiger partial charge on any atom is -0.493 e. The van der Waals surface area contributed by atoms with Crippen LogP contribution in [0.2, 0.25) is 0 Å². The molecule has 0 spiro atoms. The molecule has 0 aliphatic rings. The second-order valence-electron chi connectivity index (χ2n) is 3.62. The van der Waals surface area contributed by atoms with Gasteiger partial charge in [-0.25, -0.2) is 0 Å². The standard InChI is InChI=1S/C12H17ClN2O3.H2O/c1-17-10-4-3-9(7-11(10)18-2)5-6-15(13)12(16)8-14;/h3-4,7H,5-6,8,14H2,1-2H3;1H2. The fraction of sp³-hybridized carbons (Fsp3) is 0.417. The monoisotopic (exact) mass is 290 g/mol. The summed E-state index contributed by atoms with van der Waals surface area (Å²) in [5.74, 6) is 1.03. The van der Waals surface area contributed by atoms with Crippen molar-refractivity contribution in [1.82, 2.24) is 4.42 Å². The molecule has 0 saturated carbocycles. The summed E-state index contributed by atoms with van der Waals surface area (Å²) < 4.78 is 11.4. The Balaban J connectivity index is 0.00000324. The first kappa shape index (κ1) is 17.5. The molecule has 1 amide bonds. The number of methoxy groups -OCH3 is 2. The number of hydrogen-bond acceptors (Lipinski definition) is 4. The summed E-state index contributed by atoms with van der Waals surface area (Å²) in [4.78, 5) is 11.2. The van der Waals surface area contributed by atoms with E-state index in [1.165, 1.54) is 0 Å². The minimum absolute atomic E-state index is 0. The van der Waals surface area contributed by atoms with Crippen LogP contribution in [0.25, 0.3) is 0 Å². The molecule has 0 atom stereocenters. The molecule has 1 rings (SSSR count). The van der Waals surface area contributed by atoms with Crippen molar-refractivity contribution in [2.75, 3.05) is 27.3 Å². The third kappa shape index (κ3) is 4.94. The van der Waals surface area contributed by atoms with Crippen molar-refractivity contribution < 1.29 is 19.7 Å². The van der Waals surface area contributed by atoms with Crippen LogP contribution in [0, 0.1) is 0 Å². The normalized spacial score (nSPS) is 9.47. The van der Waals surface area contributed by atoms with Crippen molar-refractivity contribution in [1.29, 1.82) is 0 Å². The highest BCUT2D eigenvalue weighted by molar-refractivity contribution is 6.21. The first-order valence-electron chi connectivity index (χ1n) is 5.49. The van der Waals surface area contributed by atoms with E-state index < -0.39 is 0 Å². The van der Waals surface area contributed by atoms with Crippen molar-refractivity contribution in [2.24, 2.45) is 5.73 Å². The zero-order chi connectivity index (χ0) is 13.5. The van der Waals surface area contributed by atoms with Crippen LogP contribution in [0.4, 0.5) is 0 Å². The smallest absolute Gasteiger partial charge is 0.250 e. The molecule has 19 heavy (non-hydrogen) atoms. The summed E-state index contributed by atoms with van der Waals surface area (Å²) in [6, 6.07) is 5.58. The van der Waals surface area contributed by atoms with Crippen LogP contribution in [0.1, 0.15) is 5.56 Å². The van der Waals surface area contributed by atoms with Gasteiger partial charge in [0, 0.05) is 18.3 Å². The Labute approximate surface area is 117 Å². The second-order valence-corrected chi connectivity index (χ2v) is 4.03. The maximum Gasteiger partial charge on any atom is 0.250 e. The SMILES string of the molecule is COc1ccc(CCN(Cl)C(=O)CN)cc1OC.O. The lowest BCUT2D eigenvalue weighted by molar-refractivity contribution is -0.125. The number of rotatable bonds is 6. The Morgan fingerprint density at radius 1 is 1.32 bits per heavy atom. The topological polar surface area (TPSA) is 96.3 Å². The highest BCUT2D eigenvalue weighted by atomic mass is 35.5. The number of carbonyl (C=O) groups is 1. The van der Waals surface area contributed by atoms with Gasteiger partial charge >= 0.3 is 0 Å². The zero-order valence-electron chi connectivity index (χ0n) is 11.0. The van der Waals surface area contributed by atoms with E-state index in [9.17, 15) is 4.79 Å². The molecule has 0 aromatic heterocycles. The molecule has 6 nitrogen and oxygen atoms in total. The van der Waals surface area contributed by atoms with E-state index in [1.54, 1.807) is 14.2 Å². The first-order chi connectivity index (χ1) is 8.62. The number of nitrogens with two attached hydrogens (primary N) is 1. The number of ether oxygens (including phenoxy) is 2. The Kier molecular flexibility index (Phi) is 7.90. The molecule has 0 aliphatic carbocycles. The highest BCUT2D eigenvalue weighted by Crippen LogP contribution is 2.27. The van der Waals surface area contributed by atoms with E-state index in [2.05, 4.69) is 0 Å². The number of halogens is 1. The maximum atomic E-state index is 11.2. The van der Waals surface area contributed by atoms with Gasteiger partial charge in [-0.2, -0.15) is 0 Å². The van der Waals surface area contributed by atoms with Crippen LogP contribution in [0.3, 0.4) is 0 Å². The summed E-state index contributed by atoms with van der Waals surface area (Å²) in [7, 11) is 3.16. The predicted molar refractivity (Wildman–Crippen MR) is 73.5 cm³/mol. The molecule has 0 bridgehead atoms. The quantitative estimate of drug-likeness (QED) is 0.765. The molecular formula is C12H19ClN2O4. The fourth-order valence-electron chi connectivity index (χ4n) is 1.49. The van der Waals surface area contributed by atoms with Gasteiger partial charge in [-0.1, -0.05) is 6.07 Å². The van der Waals surface area contributed by atoms with Gasteiger partial charge in [0.2, 0.25) is 0 Å². The molecule has 0 unspecified atom stereocenters. The van der Waals surface area contributed by atoms with E-state index in [0.717, 1.165) is 9.98 Å². The fourth-order valence-corrected chi connectivity index (χ4v) is 1.64. The van der Waals surface area contributed by atoms with Crippen molar-refractivity contribution in [3.63, 3.8) is 0 Å². The largest absolute Gasteiger partial charge is 0.493 e. The van der Waals surface area contributed by atoms with Crippen LogP contribution in [0.5, 0.6) is 11.5 Å². The number of carbonyl (C=O) groups excluding carboxylic acids is 1. The molecule has 0 radical (unpaired) electrons. The van der Waals surface area contributed by atoms with Gasteiger partial charge in [0.1, 0.15) is 0 Å². The molecule has 108 valence electrons. The molecule has 1 aromatic rings. The summed E-state index contributed by atoms with van der Waals surface area (Å²) in [6.07, 6.45) is 0.621. The molecule has 0 saturated heterocycles. The average molecular weight is 291 g/mol. The number of amides is 1. The van der Waals surface area contributed by atoms with Crippen LogP contribution in [-0.2, 0) is 11.2 Å². The second kappa shape index (κ2) is 8.58. The van der Waals surface area contributed by atoms with Crippen LogP contribution < -0.4 is 15.2 Å². The molecule has 0 heterocycles. The van der Waals surface area contributed by atoms with E-state index in [0.29, 0.717) is 24.5 Å². The lowest BCUT2D eigenvalue weighted by atomic mass is 10.1. The molecule has 1 aromatic carbocycles. The minimum atomic E-state index is -0.294. The van der Waals surface area contributed by atoms with Gasteiger partial charge in [-0.05, 0) is 24.1 Å². The van der Waals surface area contributed by atoms with E-state index >= 15 is 0 Å². The third-order valence-corrected chi connectivity index (χ3v) is 2.85. The number of hydrogen-bond donors (Lipinski definition) is 1. The predicted octanol–water partition coefficient (Wildman–Crippen LogP) is 0.363. The highest BCUT2D eigenvalue weighted by Gasteiger charge is 2.10. The van der Waals surface area contributed by atoms with E-state index in [1.807, 2.05) is 18.2 Å². The zero-order valence-corrected chi connectivity index (χ0v) is 11.7. The Morgan fingerprint density at radius 2 is 1.95 bits per heavy atom. The lowest BCUT2D eigenvalue weighted by Gasteiger charge is -2.13. The van der Waals surface area contributed by atoms with Crippen LogP contribution >= 0.6 is 11.8 Å². The summed E-state index contributed by atoms with van der Waals surface area (Å²) in [5, 5.41) is 0. The van der Waals surface area contributed by atoms with E-state index in [-0.39, 0.29) is 17.9 Å².